The molecule has 27 heavy (non-hydrogen) atoms. The third kappa shape index (κ3) is 6.58. The Morgan fingerprint density at radius 1 is 1.19 bits per heavy atom. The van der Waals surface area contributed by atoms with Gasteiger partial charge in [0.2, 0.25) is 0 Å². The normalized spacial score (nSPS) is 19.9. The molecule has 2 heterocycles. The molecule has 1 aliphatic heterocycles. The van der Waals surface area contributed by atoms with Gasteiger partial charge in [0.15, 0.2) is 0 Å². The van der Waals surface area contributed by atoms with Crippen LogP contribution >= 0.6 is 0 Å². The molecule has 1 saturated heterocycles. The number of carbonyl (C=O) groups is 1. The summed E-state index contributed by atoms with van der Waals surface area (Å²) in [7, 11) is 0. The van der Waals surface area contributed by atoms with Gasteiger partial charge in [-0.2, -0.15) is 0 Å². The van der Waals surface area contributed by atoms with E-state index in [2.05, 4.69) is 52.4 Å². The van der Waals surface area contributed by atoms with Crippen molar-refractivity contribution in [1.82, 2.24) is 9.88 Å². The molecular formula is C22H25N2NaO2. The summed E-state index contributed by atoms with van der Waals surface area (Å²) in [5.74, 6) is -0.450. The summed E-state index contributed by atoms with van der Waals surface area (Å²) < 4.78 is 0. The van der Waals surface area contributed by atoms with Crippen LogP contribution < -0.4 is 34.7 Å². The number of allylic oxidation sites excluding steroid dienone is 2. The van der Waals surface area contributed by atoms with Crippen LogP contribution in [0.4, 0.5) is 0 Å². The summed E-state index contributed by atoms with van der Waals surface area (Å²) in [5, 5.41) is 10.5. The molecule has 0 N–H and O–H groups in total. The molecule has 0 spiro atoms. The first kappa shape index (κ1) is 21.8. The molecule has 1 aromatic heterocycles. The van der Waals surface area contributed by atoms with Gasteiger partial charge in [-0.15, -0.1) is 0 Å². The number of pyridine rings is 1. The molecular weight excluding hydrogens is 347 g/mol. The van der Waals surface area contributed by atoms with E-state index in [4.69, 9.17) is 0 Å². The first-order valence-electron chi connectivity index (χ1n) is 9.27. The van der Waals surface area contributed by atoms with Gasteiger partial charge in [-0.25, -0.2) is 0 Å². The predicted octanol–water partition coefficient (Wildman–Crippen LogP) is 0.125. The summed E-state index contributed by atoms with van der Waals surface area (Å²) in [6.07, 6.45) is 10.6. The van der Waals surface area contributed by atoms with Gasteiger partial charge in [0.05, 0.1) is 0 Å². The minimum atomic E-state index is -0.986. The van der Waals surface area contributed by atoms with Crippen molar-refractivity contribution < 1.29 is 39.5 Å². The second-order valence-electron chi connectivity index (χ2n) is 6.85. The number of nitrogens with zero attached hydrogens (tertiary/aromatic N) is 2. The van der Waals surface area contributed by atoms with Crippen LogP contribution in [0.3, 0.4) is 0 Å². The van der Waals surface area contributed by atoms with Crippen LogP contribution in [0.2, 0.25) is 0 Å². The number of aromatic nitrogens is 1. The third-order valence-electron chi connectivity index (χ3n) is 5.00. The molecule has 0 amide bonds. The first-order valence-corrected chi connectivity index (χ1v) is 9.27. The van der Waals surface area contributed by atoms with E-state index >= 15 is 0 Å². The van der Waals surface area contributed by atoms with Gasteiger partial charge < -0.3 is 9.90 Å². The summed E-state index contributed by atoms with van der Waals surface area (Å²) in [4.78, 5) is 17.3. The van der Waals surface area contributed by atoms with Gasteiger partial charge in [-0.05, 0) is 55.3 Å². The van der Waals surface area contributed by atoms with E-state index < -0.39 is 5.97 Å². The van der Waals surface area contributed by atoms with Crippen LogP contribution in [-0.2, 0) is 11.3 Å². The molecule has 4 nitrogen and oxygen atoms in total. The Labute approximate surface area is 183 Å². The molecule has 0 bridgehead atoms. The van der Waals surface area contributed by atoms with Crippen molar-refractivity contribution in [1.29, 1.82) is 0 Å². The fourth-order valence-corrected chi connectivity index (χ4v) is 3.80. The number of carboxylic acids is 1. The maximum atomic E-state index is 10.5. The second-order valence-corrected chi connectivity index (χ2v) is 6.85. The quantitative estimate of drug-likeness (QED) is 0.488. The molecule has 1 fully saturated rings. The van der Waals surface area contributed by atoms with E-state index in [0.717, 1.165) is 25.9 Å². The van der Waals surface area contributed by atoms with Gasteiger partial charge in [-0.3, -0.25) is 9.88 Å². The summed E-state index contributed by atoms with van der Waals surface area (Å²) in [5.41, 5.74) is 2.58. The van der Waals surface area contributed by atoms with Gasteiger partial charge in [-0.1, -0.05) is 48.6 Å². The van der Waals surface area contributed by atoms with Gasteiger partial charge in [0.25, 0.3) is 0 Å². The molecule has 1 aliphatic rings. The van der Waals surface area contributed by atoms with Crippen molar-refractivity contribution in [3.63, 3.8) is 0 Å². The van der Waals surface area contributed by atoms with Crippen molar-refractivity contribution in [3.8, 4) is 0 Å². The standard InChI is InChI=1S/C22H26N2O2.Na/c25-21(26)12-6-2-5-11-20-13-15-24(17-18-8-7-14-23-16-18)22(20)19-9-3-1-4-10-19;/h1-5,7-10,14,16,20,22H,6,11-13,15,17H2,(H,25,26);/q;+1/p-1/b5-2-;/t20-,22-;/m0./s1. The molecule has 5 heteroatoms. The predicted molar refractivity (Wildman–Crippen MR) is 99.9 cm³/mol. The third-order valence-corrected chi connectivity index (χ3v) is 5.00. The summed E-state index contributed by atoms with van der Waals surface area (Å²) in [6, 6.07) is 15.2. The number of hydrogen-bond donors (Lipinski definition) is 0. The minimum Gasteiger partial charge on any atom is -0.550 e. The molecule has 0 aliphatic carbocycles. The van der Waals surface area contributed by atoms with E-state index in [1.54, 1.807) is 0 Å². The SMILES string of the molecule is O=C([O-])CC/C=C\C[C@H]1CCN(Cc2cccnc2)[C@H]1c1ccccc1.[Na+]. The Hall–Kier alpha value is -1.46. The van der Waals surface area contributed by atoms with Crippen LogP contribution in [0.25, 0.3) is 0 Å². The minimum absolute atomic E-state index is 0. The Kier molecular flexibility index (Phi) is 9.22. The van der Waals surface area contributed by atoms with Crippen LogP contribution in [-0.4, -0.2) is 22.4 Å². The van der Waals surface area contributed by atoms with Crippen LogP contribution in [0.5, 0.6) is 0 Å². The second kappa shape index (κ2) is 11.4. The topological polar surface area (TPSA) is 56.3 Å². The molecule has 2 atom stereocenters. The monoisotopic (exact) mass is 372 g/mol. The maximum absolute atomic E-state index is 10.5. The first-order chi connectivity index (χ1) is 12.7. The van der Waals surface area contributed by atoms with Crippen molar-refractivity contribution >= 4 is 5.97 Å². The van der Waals surface area contributed by atoms with Gasteiger partial charge in [0.1, 0.15) is 0 Å². The maximum Gasteiger partial charge on any atom is 1.00 e. The zero-order valence-electron chi connectivity index (χ0n) is 16.0. The number of hydrogen-bond acceptors (Lipinski definition) is 4. The summed E-state index contributed by atoms with van der Waals surface area (Å²) in [6.45, 7) is 1.96. The molecule has 1 aromatic carbocycles. The number of carboxylic acid groups (broad SMARTS) is 1. The van der Waals surface area contributed by atoms with Crippen molar-refractivity contribution in [3.05, 3.63) is 78.1 Å². The number of rotatable bonds is 8. The molecule has 3 rings (SSSR count). The van der Waals surface area contributed by atoms with E-state index in [-0.39, 0.29) is 36.0 Å². The fraction of sp³-hybridized carbons (Fsp3) is 0.364. The van der Waals surface area contributed by atoms with Crippen LogP contribution in [0.1, 0.15) is 42.9 Å². The van der Waals surface area contributed by atoms with E-state index in [1.807, 2.05) is 24.5 Å². The Morgan fingerprint density at radius 2 is 2.00 bits per heavy atom. The number of likely N-dealkylation sites (tertiary alicyclic amines) is 1. The molecule has 2 aromatic rings. The average Bonchev–Trinajstić information content (AvgIpc) is 3.05. The molecule has 0 unspecified atom stereocenters. The Bertz CT molecular complexity index is 722. The van der Waals surface area contributed by atoms with Crippen molar-refractivity contribution in [2.24, 2.45) is 5.92 Å². The zero-order valence-corrected chi connectivity index (χ0v) is 18.0. The van der Waals surface area contributed by atoms with Gasteiger partial charge >= 0.3 is 29.6 Å². The molecule has 136 valence electrons. The number of benzene rings is 1. The number of carbonyl (C=O) groups excluding carboxylic acids is 1. The van der Waals surface area contributed by atoms with E-state index in [0.29, 0.717) is 18.4 Å². The van der Waals surface area contributed by atoms with Crippen molar-refractivity contribution in [2.75, 3.05) is 6.54 Å². The average molecular weight is 372 g/mol. The zero-order chi connectivity index (χ0) is 18.2. The van der Waals surface area contributed by atoms with Crippen LogP contribution in [0.15, 0.2) is 67.0 Å². The fourth-order valence-electron chi connectivity index (χ4n) is 3.80. The van der Waals surface area contributed by atoms with Crippen molar-refractivity contribution in [2.45, 2.75) is 38.3 Å². The number of aliphatic carboxylic acids is 1. The Morgan fingerprint density at radius 3 is 2.70 bits per heavy atom. The summed E-state index contributed by atoms with van der Waals surface area (Å²) >= 11 is 0. The van der Waals surface area contributed by atoms with E-state index in [1.165, 1.54) is 11.1 Å². The largest absolute Gasteiger partial charge is 1.00 e. The van der Waals surface area contributed by atoms with E-state index in [9.17, 15) is 9.90 Å². The van der Waals surface area contributed by atoms with Gasteiger partial charge in [0, 0.05) is 30.9 Å². The van der Waals surface area contributed by atoms with Crippen LogP contribution in [0, 0.1) is 5.92 Å². The molecule has 0 radical (unpaired) electrons. The Balaban J connectivity index is 0.00000261. The smallest absolute Gasteiger partial charge is 0.550 e. The molecule has 0 saturated carbocycles.